The van der Waals surface area contributed by atoms with Crippen molar-refractivity contribution in [1.82, 2.24) is 5.32 Å². The second-order valence-corrected chi connectivity index (χ2v) is 10.8. The van der Waals surface area contributed by atoms with Gasteiger partial charge in [-0.1, -0.05) is 78.9 Å². The van der Waals surface area contributed by atoms with Crippen molar-refractivity contribution in [3.05, 3.63) is 124 Å². The lowest BCUT2D eigenvalue weighted by Crippen LogP contribution is -2.51. The molecule has 0 heterocycles. The van der Waals surface area contributed by atoms with Crippen LogP contribution in [0.1, 0.15) is 39.9 Å². The third-order valence-corrected chi connectivity index (χ3v) is 7.85. The largest absolute Gasteiger partial charge is 0.478 e. The smallest absolute Gasteiger partial charge is 0.407 e. The Kier molecular flexibility index (Phi) is 9.00. The molecule has 0 saturated carbocycles. The van der Waals surface area contributed by atoms with Crippen molar-refractivity contribution in [3.8, 4) is 11.1 Å². The van der Waals surface area contributed by atoms with Crippen LogP contribution in [0.15, 0.2) is 102 Å². The van der Waals surface area contributed by atoms with Gasteiger partial charge in [-0.05, 0) is 68.9 Å². The van der Waals surface area contributed by atoms with Crippen molar-refractivity contribution < 1.29 is 29.0 Å². The lowest BCUT2D eigenvalue weighted by atomic mass is 9.98. The number of amides is 2. The van der Waals surface area contributed by atoms with Gasteiger partial charge in [0.25, 0.3) is 0 Å². The van der Waals surface area contributed by atoms with Crippen LogP contribution in [0.5, 0.6) is 0 Å². The van der Waals surface area contributed by atoms with Gasteiger partial charge in [-0.15, -0.1) is 0 Å². The van der Waals surface area contributed by atoms with Gasteiger partial charge in [0.05, 0.1) is 24.0 Å². The van der Waals surface area contributed by atoms with Crippen LogP contribution < -0.4 is 10.6 Å². The highest BCUT2D eigenvalue weighted by molar-refractivity contribution is 9.10. The van der Waals surface area contributed by atoms with Crippen molar-refractivity contribution in [2.45, 2.75) is 31.6 Å². The van der Waals surface area contributed by atoms with Gasteiger partial charge < -0.3 is 25.2 Å². The summed E-state index contributed by atoms with van der Waals surface area (Å²) in [5, 5.41) is 14.7. The number of halogens is 1. The van der Waals surface area contributed by atoms with Crippen molar-refractivity contribution >= 4 is 39.6 Å². The van der Waals surface area contributed by atoms with Crippen LogP contribution in [0.3, 0.4) is 0 Å². The first kappa shape index (κ1) is 29.0. The lowest BCUT2D eigenvalue weighted by molar-refractivity contribution is -0.121. The molecule has 4 aromatic rings. The Morgan fingerprint density at radius 1 is 0.881 bits per heavy atom. The molecule has 2 atom stereocenters. The van der Waals surface area contributed by atoms with E-state index in [2.05, 4.69) is 38.7 Å². The molecule has 2 unspecified atom stereocenters. The molecule has 4 aromatic carbocycles. The fourth-order valence-corrected chi connectivity index (χ4v) is 5.50. The van der Waals surface area contributed by atoms with Gasteiger partial charge in [0.1, 0.15) is 12.6 Å². The number of carboxylic acid groups (broad SMARTS) is 1. The molecule has 8 nitrogen and oxygen atoms in total. The van der Waals surface area contributed by atoms with E-state index in [0.717, 1.165) is 27.8 Å². The topological polar surface area (TPSA) is 114 Å². The summed E-state index contributed by atoms with van der Waals surface area (Å²) in [5.74, 6) is -1.77. The minimum atomic E-state index is -1.12. The first-order valence-corrected chi connectivity index (χ1v) is 14.2. The zero-order chi connectivity index (χ0) is 29.6. The lowest BCUT2D eigenvalue weighted by Gasteiger charge is -2.25. The van der Waals surface area contributed by atoms with Crippen LogP contribution >= 0.6 is 15.9 Å². The minimum absolute atomic E-state index is 0.0627. The summed E-state index contributed by atoms with van der Waals surface area (Å²) in [4.78, 5) is 37.9. The second kappa shape index (κ2) is 13.0. The molecule has 0 spiro atoms. The van der Waals surface area contributed by atoms with Crippen LogP contribution in [0.25, 0.3) is 11.1 Å². The third kappa shape index (κ3) is 6.53. The van der Waals surface area contributed by atoms with Gasteiger partial charge in [0.2, 0.25) is 5.91 Å². The average Bonchev–Trinajstić information content (AvgIpc) is 3.32. The maximum atomic E-state index is 13.5. The second-order valence-electron chi connectivity index (χ2n) is 9.94. The fraction of sp³-hybridized carbons (Fsp3) is 0.182. The summed E-state index contributed by atoms with van der Waals surface area (Å²) in [5.41, 5.74) is 5.71. The fourth-order valence-electron chi connectivity index (χ4n) is 5.02. The van der Waals surface area contributed by atoms with Crippen LogP contribution in [0.2, 0.25) is 0 Å². The maximum Gasteiger partial charge on any atom is 0.407 e. The Morgan fingerprint density at radius 3 is 2.12 bits per heavy atom. The molecule has 5 rings (SSSR count). The molecule has 1 aliphatic rings. The van der Waals surface area contributed by atoms with E-state index < -0.39 is 30.1 Å². The Morgan fingerprint density at radius 2 is 1.50 bits per heavy atom. The van der Waals surface area contributed by atoms with Crippen molar-refractivity contribution in [2.75, 3.05) is 11.9 Å². The van der Waals surface area contributed by atoms with Crippen LogP contribution in [0.4, 0.5) is 10.5 Å². The summed E-state index contributed by atoms with van der Waals surface area (Å²) in [7, 11) is 0. The quantitative estimate of drug-likeness (QED) is 0.182. The summed E-state index contributed by atoms with van der Waals surface area (Å²) in [6.45, 7) is 2.02. The average molecular weight is 630 g/mol. The van der Waals surface area contributed by atoms with E-state index in [1.165, 1.54) is 18.2 Å². The van der Waals surface area contributed by atoms with Crippen molar-refractivity contribution in [3.63, 3.8) is 0 Å². The van der Waals surface area contributed by atoms with E-state index >= 15 is 0 Å². The SMILES string of the molecule is CC(OCc1ccccc1)C(NC(=O)OCC1c2ccccc2-c2ccccc21)C(=O)Nc1ccc(C(=O)O)cc1Br. The molecule has 0 radical (unpaired) electrons. The number of hydrogen-bond donors (Lipinski definition) is 3. The molecule has 0 aliphatic heterocycles. The molecular formula is C33H29BrN2O6. The van der Waals surface area contributed by atoms with Crippen LogP contribution in [-0.4, -0.2) is 41.8 Å². The molecule has 0 fully saturated rings. The maximum absolute atomic E-state index is 13.5. The highest BCUT2D eigenvalue weighted by Crippen LogP contribution is 2.44. The normalized spacial score (nSPS) is 13.4. The highest BCUT2D eigenvalue weighted by Gasteiger charge is 2.32. The molecule has 9 heteroatoms. The summed E-state index contributed by atoms with van der Waals surface area (Å²) in [6, 6.07) is 28.7. The Hall–Kier alpha value is -4.47. The van der Waals surface area contributed by atoms with Gasteiger partial charge in [-0.25, -0.2) is 9.59 Å². The monoisotopic (exact) mass is 628 g/mol. The molecule has 2 amide bonds. The number of carbonyl (C=O) groups is 3. The number of anilines is 1. The number of fused-ring (bicyclic) bond motifs is 3. The number of alkyl carbamates (subject to hydrolysis) is 1. The van der Waals surface area contributed by atoms with E-state index in [4.69, 9.17) is 9.47 Å². The molecule has 214 valence electrons. The van der Waals surface area contributed by atoms with E-state index in [0.29, 0.717) is 10.2 Å². The van der Waals surface area contributed by atoms with Crippen LogP contribution in [-0.2, 0) is 20.9 Å². The van der Waals surface area contributed by atoms with Gasteiger partial charge in [0, 0.05) is 10.4 Å². The predicted molar refractivity (Wildman–Crippen MR) is 162 cm³/mol. The van der Waals surface area contributed by atoms with E-state index in [9.17, 15) is 19.5 Å². The number of benzene rings is 4. The summed E-state index contributed by atoms with van der Waals surface area (Å²) in [6.07, 6.45) is -1.49. The number of carbonyl (C=O) groups excluding carboxylic acids is 2. The molecule has 3 N–H and O–H groups in total. The van der Waals surface area contributed by atoms with Crippen molar-refractivity contribution in [1.29, 1.82) is 0 Å². The number of aromatic carboxylic acids is 1. The number of ether oxygens (including phenoxy) is 2. The number of hydrogen-bond acceptors (Lipinski definition) is 5. The number of nitrogens with one attached hydrogen (secondary N) is 2. The zero-order valence-electron chi connectivity index (χ0n) is 22.8. The van der Waals surface area contributed by atoms with E-state index in [1.54, 1.807) is 6.92 Å². The zero-order valence-corrected chi connectivity index (χ0v) is 24.3. The molecular weight excluding hydrogens is 600 g/mol. The Bertz CT molecular complexity index is 1560. The molecule has 0 saturated heterocycles. The first-order chi connectivity index (χ1) is 20.3. The van der Waals surface area contributed by atoms with E-state index in [1.807, 2.05) is 66.7 Å². The summed E-state index contributed by atoms with van der Waals surface area (Å²) < 4.78 is 12.1. The van der Waals surface area contributed by atoms with Gasteiger partial charge in [0.15, 0.2) is 0 Å². The van der Waals surface area contributed by atoms with Gasteiger partial charge in [-0.2, -0.15) is 0 Å². The van der Waals surface area contributed by atoms with Gasteiger partial charge >= 0.3 is 12.1 Å². The Labute approximate surface area is 251 Å². The molecule has 1 aliphatic carbocycles. The number of carboxylic acids is 1. The minimum Gasteiger partial charge on any atom is -0.478 e. The molecule has 0 bridgehead atoms. The predicted octanol–water partition coefficient (Wildman–Crippen LogP) is 6.60. The molecule has 0 aromatic heterocycles. The highest BCUT2D eigenvalue weighted by atomic mass is 79.9. The number of rotatable bonds is 10. The first-order valence-electron chi connectivity index (χ1n) is 13.4. The van der Waals surface area contributed by atoms with Crippen LogP contribution in [0, 0.1) is 0 Å². The van der Waals surface area contributed by atoms with Crippen molar-refractivity contribution in [2.24, 2.45) is 0 Å². The summed E-state index contributed by atoms with van der Waals surface area (Å²) >= 11 is 3.31. The molecule has 42 heavy (non-hydrogen) atoms. The van der Waals surface area contributed by atoms with Gasteiger partial charge in [-0.3, -0.25) is 4.79 Å². The Balaban J connectivity index is 1.30. The third-order valence-electron chi connectivity index (χ3n) is 7.20. The van der Waals surface area contributed by atoms with E-state index in [-0.39, 0.29) is 24.7 Å². The standard InChI is InChI=1S/C33H29BrN2O6/c1-20(41-18-21-9-3-2-4-10-21)30(31(37)35-29-16-15-22(32(38)39)17-28(29)34)36-33(40)42-19-27-25-13-7-5-11-23(25)24-12-6-8-14-26(24)27/h2-17,20,27,30H,18-19H2,1H3,(H,35,37)(H,36,40)(H,38,39).